The SMILES string of the molecule is COc1ccc(NC(=O)C/C(C)=N/N2CC2c2ccccc2)cc1. The molecule has 2 aromatic carbocycles. The molecule has 5 heteroatoms. The molecule has 2 aromatic rings. The first-order valence-electron chi connectivity index (χ1n) is 7.95. The molecule has 0 bridgehead atoms. The minimum Gasteiger partial charge on any atom is -0.497 e. The van der Waals surface area contributed by atoms with Gasteiger partial charge < -0.3 is 10.1 Å². The Morgan fingerprint density at radius 3 is 2.58 bits per heavy atom. The number of hydrazone groups is 1. The van der Waals surface area contributed by atoms with Gasteiger partial charge in [0.05, 0.1) is 26.1 Å². The van der Waals surface area contributed by atoms with Crippen LogP contribution in [0.1, 0.15) is 24.9 Å². The molecule has 1 heterocycles. The van der Waals surface area contributed by atoms with Crippen LogP contribution >= 0.6 is 0 Å². The van der Waals surface area contributed by atoms with Gasteiger partial charge in [-0.15, -0.1) is 0 Å². The van der Waals surface area contributed by atoms with Crippen molar-refractivity contribution in [3.05, 3.63) is 60.2 Å². The lowest BCUT2D eigenvalue weighted by Crippen LogP contribution is -2.15. The maximum Gasteiger partial charge on any atom is 0.230 e. The van der Waals surface area contributed by atoms with Crippen molar-refractivity contribution >= 4 is 17.3 Å². The Labute approximate surface area is 141 Å². The lowest BCUT2D eigenvalue weighted by molar-refractivity contribution is -0.115. The Bertz CT molecular complexity index is 726. The van der Waals surface area contributed by atoms with Gasteiger partial charge in [-0.1, -0.05) is 30.3 Å². The molecule has 1 saturated heterocycles. The van der Waals surface area contributed by atoms with E-state index in [1.807, 2.05) is 54.4 Å². The summed E-state index contributed by atoms with van der Waals surface area (Å²) in [5, 5.41) is 9.40. The van der Waals surface area contributed by atoms with Gasteiger partial charge in [-0.2, -0.15) is 5.10 Å². The van der Waals surface area contributed by atoms with Gasteiger partial charge in [0.15, 0.2) is 0 Å². The number of nitrogens with one attached hydrogen (secondary N) is 1. The number of carbonyl (C=O) groups is 1. The van der Waals surface area contributed by atoms with Gasteiger partial charge in [-0.05, 0) is 36.8 Å². The molecule has 1 amide bonds. The highest BCUT2D eigenvalue weighted by molar-refractivity contribution is 6.05. The molecule has 3 rings (SSSR count). The van der Waals surface area contributed by atoms with Gasteiger partial charge in [0.1, 0.15) is 5.75 Å². The van der Waals surface area contributed by atoms with Crippen LogP contribution in [-0.2, 0) is 4.79 Å². The van der Waals surface area contributed by atoms with Crippen molar-refractivity contribution in [3.63, 3.8) is 0 Å². The number of rotatable bonds is 6. The van der Waals surface area contributed by atoms with Crippen LogP contribution in [0.25, 0.3) is 0 Å². The highest BCUT2D eigenvalue weighted by Crippen LogP contribution is 2.34. The van der Waals surface area contributed by atoms with Crippen molar-refractivity contribution in [2.24, 2.45) is 5.10 Å². The monoisotopic (exact) mass is 323 g/mol. The maximum atomic E-state index is 12.1. The average molecular weight is 323 g/mol. The Balaban J connectivity index is 1.51. The zero-order valence-electron chi connectivity index (χ0n) is 13.9. The molecule has 0 aromatic heterocycles. The van der Waals surface area contributed by atoms with E-state index in [0.717, 1.165) is 23.7 Å². The second-order valence-electron chi connectivity index (χ2n) is 5.84. The van der Waals surface area contributed by atoms with Crippen molar-refractivity contribution in [2.75, 3.05) is 19.0 Å². The van der Waals surface area contributed by atoms with Gasteiger partial charge in [0, 0.05) is 11.4 Å². The van der Waals surface area contributed by atoms with Gasteiger partial charge in [-0.3, -0.25) is 9.80 Å². The number of ether oxygens (including phenoxy) is 1. The summed E-state index contributed by atoms with van der Waals surface area (Å²) in [5.74, 6) is 0.693. The fourth-order valence-electron chi connectivity index (χ4n) is 2.56. The molecule has 1 aliphatic heterocycles. The molecule has 1 fully saturated rings. The fraction of sp³-hybridized carbons (Fsp3) is 0.263. The summed E-state index contributed by atoms with van der Waals surface area (Å²) in [6, 6.07) is 17.9. The predicted octanol–water partition coefficient (Wildman–Crippen LogP) is 3.46. The fourth-order valence-corrected chi connectivity index (χ4v) is 2.56. The van der Waals surface area contributed by atoms with E-state index >= 15 is 0 Å². The maximum absolute atomic E-state index is 12.1. The van der Waals surface area contributed by atoms with Crippen LogP contribution in [0.2, 0.25) is 0 Å². The molecule has 1 aliphatic rings. The molecule has 1 atom stereocenters. The lowest BCUT2D eigenvalue weighted by Gasteiger charge is -2.07. The molecule has 0 spiro atoms. The molecular weight excluding hydrogens is 302 g/mol. The van der Waals surface area contributed by atoms with Gasteiger partial charge in [-0.25, -0.2) is 0 Å². The van der Waals surface area contributed by atoms with Gasteiger partial charge in [0.25, 0.3) is 0 Å². The van der Waals surface area contributed by atoms with Crippen molar-refractivity contribution in [2.45, 2.75) is 19.4 Å². The molecular formula is C19H21N3O2. The highest BCUT2D eigenvalue weighted by atomic mass is 16.5. The number of anilines is 1. The number of hydrogen-bond acceptors (Lipinski definition) is 4. The highest BCUT2D eigenvalue weighted by Gasteiger charge is 2.34. The van der Waals surface area contributed by atoms with E-state index in [-0.39, 0.29) is 12.3 Å². The van der Waals surface area contributed by atoms with E-state index in [0.29, 0.717) is 6.04 Å². The number of amides is 1. The molecule has 0 aliphatic carbocycles. The van der Waals surface area contributed by atoms with E-state index in [1.165, 1.54) is 5.56 Å². The molecule has 0 radical (unpaired) electrons. The number of benzene rings is 2. The zero-order chi connectivity index (χ0) is 16.9. The molecule has 5 nitrogen and oxygen atoms in total. The summed E-state index contributed by atoms with van der Waals surface area (Å²) < 4.78 is 5.10. The first kappa shape index (κ1) is 16.1. The topological polar surface area (TPSA) is 53.7 Å². The number of methoxy groups -OCH3 is 1. The zero-order valence-corrected chi connectivity index (χ0v) is 13.9. The van der Waals surface area contributed by atoms with Crippen molar-refractivity contribution < 1.29 is 9.53 Å². The second kappa shape index (κ2) is 7.17. The molecule has 1 N–H and O–H groups in total. The number of hydrogen-bond donors (Lipinski definition) is 1. The first-order valence-corrected chi connectivity index (χ1v) is 7.95. The van der Waals surface area contributed by atoms with E-state index < -0.39 is 0 Å². The lowest BCUT2D eigenvalue weighted by atomic mass is 10.2. The Hall–Kier alpha value is -2.82. The largest absolute Gasteiger partial charge is 0.497 e. The Morgan fingerprint density at radius 1 is 1.21 bits per heavy atom. The normalized spacial score (nSPS) is 16.7. The summed E-state index contributed by atoms with van der Waals surface area (Å²) >= 11 is 0. The van der Waals surface area contributed by atoms with Crippen LogP contribution in [0.4, 0.5) is 5.69 Å². The van der Waals surface area contributed by atoms with Crippen LogP contribution < -0.4 is 10.1 Å². The van der Waals surface area contributed by atoms with Crippen molar-refractivity contribution in [3.8, 4) is 5.75 Å². The van der Waals surface area contributed by atoms with E-state index in [1.54, 1.807) is 7.11 Å². The quantitative estimate of drug-likeness (QED) is 0.654. The van der Waals surface area contributed by atoms with Gasteiger partial charge in [0.2, 0.25) is 5.91 Å². The smallest absolute Gasteiger partial charge is 0.230 e. The van der Waals surface area contributed by atoms with Crippen LogP contribution in [0.5, 0.6) is 5.75 Å². The summed E-state index contributed by atoms with van der Waals surface area (Å²) in [6.07, 6.45) is 0.282. The van der Waals surface area contributed by atoms with Gasteiger partial charge >= 0.3 is 0 Å². The third-order valence-corrected chi connectivity index (χ3v) is 3.86. The third-order valence-electron chi connectivity index (χ3n) is 3.86. The minimum atomic E-state index is -0.0699. The second-order valence-corrected chi connectivity index (χ2v) is 5.84. The number of carbonyl (C=O) groups excluding carboxylic acids is 1. The average Bonchev–Trinajstić information content (AvgIpc) is 3.35. The molecule has 1 unspecified atom stereocenters. The van der Waals surface area contributed by atoms with E-state index in [4.69, 9.17) is 4.74 Å². The van der Waals surface area contributed by atoms with Crippen molar-refractivity contribution in [1.29, 1.82) is 0 Å². The van der Waals surface area contributed by atoms with Crippen molar-refractivity contribution in [1.82, 2.24) is 5.01 Å². The van der Waals surface area contributed by atoms with Crippen LogP contribution in [0, 0.1) is 0 Å². The van der Waals surface area contributed by atoms with E-state index in [9.17, 15) is 4.79 Å². The van der Waals surface area contributed by atoms with Crippen LogP contribution in [-0.4, -0.2) is 30.3 Å². The summed E-state index contributed by atoms with van der Waals surface area (Å²) in [6.45, 7) is 2.79. The van der Waals surface area contributed by atoms with Crippen LogP contribution in [0.15, 0.2) is 59.7 Å². The Kier molecular flexibility index (Phi) is 4.79. The molecule has 24 heavy (non-hydrogen) atoms. The standard InChI is InChI=1S/C19H21N3O2/c1-14(21-22-13-18(22)15-6-4-3-5-7-15)12-19(23)20-16-8-10-17(24-2)11-9-16/h3-11,18H,12-13H2,1-2H3,(H,20,23)/b21-14+. The predicted molar refractivity (Wildman–Crippen MR) is 95.2 cm³/mol. The molecule has 124 valence electrons. The summed E-state index contributed by atoms with van der Waals surface area (Å²) in [7, 11) is 1.61. The van der Waals surface area contributed by atoms with E-state index in [2.05, 4.69) is 22.6 Å². The summed E-state index contributed by atoms with van der Waals surface area (Å²) in [4.78, 5) is 12.1. The first-order chi connectivity index (χ1) is 11.7. The third kappa shape index (κ3) is 4.13. The minimum absolute atomic E-state index is 0.0699. The van der Waals surface area contributed by atoms with Crippen LogP contribution in [0.3, 0.4) is 0 Å². The Morgan fingerprint density at radius 2 is 1.92 bits per heavy atom. The summed E-state index contributed by atoms with van der Waals surface area (Å²) in [5.41, 5.74) is 2.82. The number of nitrogens with zero attached hydrogens (tertiary/aromatic N) is 2. The molecule has 0 saturated carbocycles.